The SMILES string of the molecule is Cc1cccc(C)c1CNc1cccn2c(C)c(CC(C)OC(=O)O)nc12.Cc1cccc(C)c1CNc1cccn2c(C)c(CO)nc12. The van der Waals surface area contributed by atoms with Gasteiger partial charge in [0, 0.05) is 43.3 Å². The van der Waals surface area contributed by atoms with Gasteiger partial charge in [0.25, 0.3) is 0 Å². The maximum absolute atomic E-state index is 10.7. The van der Waals surface area contributed by atoms with Crippen LogP contribution in [0.15, 0.2) is 73.1 Å². The zero-order valence-electron chi connectivity index (χ0n) is 29.3. The van der Waals surface area contributed by atoms with E-state index in [-0.39, 0.29) is 6.61 Å². The number of anilines is 2. The summed E-state index contributed by atoms with van der Waals surface area (Å²) in [6.07, 6.45) is 2.67. The van der Waals surface area contributed by atoms with Crippen LogP contribution in [0.3, 0.4) is 0 Å². The van der Waals surface area contributed by atoms with Crippen LogP contribution >= 0.6 is 0 Å². The second-order valence-corrected chi connectivity index (χ2v) is 12.5. The zero-order chi connectivity index (χ0) is 35.2. The highest BCUT2D eigenvalue weighted by molar-refractivity contribution is 5.70. The molecule has 4 heterocycles. The smallest absolute Gasteiger partial charge is 0.450 e. The summed E-state index contributed by atoms with van der Waals surface area (Å²) in [5.41, 5.74) is 14.8. The summed E-state index contributed by atoms with van der Waals surface area (Å²) in [5.74, 6) is 0. The van der Waals surface area contributed by atoms with Crippen LogP contribution in [-0.2, 0) is 30.9 Å². The Morgan fingerprint density at radius 3 is 1.57 bits per heavy atom. The van der Waals surface area contributed by atoms with Crippen LogP contribution in [0.4, 0.5) is 16.2 Å². The van der Waals surface area contributed by atoms with Crippen molar-refractivity contribution in [3.8, 4) is 0 Å². The summed E-state index contributed by atoms with van der Waals surface area (Å²) in [6, 6.07) is 20.7. The van der Waals surface area contributed by atoms with Gasteiger partial charge in [-0.3, -0.25) is 0 Å². The third-order valence-corrected chi connectivity index (χ3v) is 9.11. The highest BCUT2D eigenvalue weighted by atomic mass is 16.7. The van der Waals surface area contributed by atoms with Gasteiger partial charge in [-0.1, -0.05) is 36.4 Å². The topological polar surface area (TPSA) is 125 Å². The number of fused-ring (bicyclic) bond motifs is 2. The van der Waals surface area contributed by atoms with Crippen molar-refractivity contribution in [2.75, 3.05) is 10.6 Å². The van der Waals surface area contributed by atoms with Gasteiger partial charge in [0.2, 0.25) is 0 Å². The fourth-order valence-corrected chi connectivity index (χ4v) is 6.19. The molecule has 2 aromatic carbocycles. The van der Waals surface area contributed by atoms with E-state index in [0.29, 0.717) is 6.42 Å². The number of ether oxygens (including phenoxy) is 1. The molecular formula is C39H46N6O4. The number of aromatic nitrogens is 4. The highest BCUT2D eigenvalue weighted by Crippen LogP contribution is 2.24. The van der Waals surface area contributed by atoms with E-state index in [1.54, 1.807) is 6.92 Å². The van der Waals surface area contributed by atoms with E-state index in [1.165, 1.54) is 33.4 Å². The second kappa shape index (κ2) is 15.3. The molecule has 0 fully saturated rings. The molecule has 10 nitrogen and oxygen atoms in total. The Kier molecular flexibility index (Phi) is 10.9. The summed E-state index contributed by atoms with van der Waals surface area (Å²) < 4.78 is 8.85. The van der Waals surface area contributed by atoms with Gasteiger partial charge < -0.3 is 34.4 Å². The molecule has 0 saturated heterocycles. The Balaban J connectivity index is 0.000000195. The van der Waals surface area contributed by atoms with E-state index >= 15 is 0 Å². The van der Waals surface area contributed by atoms with Crippen LogP contribution in [0.5, 0.6) is 0 Å². The van der Waals surface area contributed by atoms with E-state index in [4.69, 9.17) is 14.8 Å². The molecule has 49 heavy (non-hydrogen) atoms. The first kappa shape index (κ1) is 35.0. The summed E-state index contributed by atoms with van der Waals surface area (Å²) >= 11 is 0. The first-order chi connectivity index (χ1) is 23.5. The fraction of sp³-hybridized carbons (Fsp3) is 0.308. The molecule has 0 aliphatic rings. The molecule has 10 heteroatoms. The van der Waals surface area contributed by atoms with Crippen LogP contribution < -0.4 is 10.6 Å². The molecule has 1 atom stereocenters. The quantitative estimate of drug-likeness (QED) is 0.109. The molecule has 0 saturated carbocycles. The number of benzene rings is 2. The predicted molar refractivity (Wildman–Crippen MR) is 195 cm³/mol. The standard InChI is InChI=1S/C21H25N3O3.C18H21N3O/c1-13-7-5-8-14(2)17(13)12-22-18-9-6-10-24-16(4)19(23-20(18)24)11-15(3)27-21(25)26;1-12-6-4-7-13(2)15(12)10-19-16-8-5-9-21-14(3)17(11-22)20-18(16)21/h5-10,15,22H,11-12H2,1-4H3,(H,25,26);4-9,19,22H,10-11H2,1-3H3. The van der Waals surface area contributed by atoms with Crippen molar-refractivity contribution in [3.63, 3.8) is 0 Å². The lowest BCUT2D eigenvalue weighted by molar-refractivity contribution is 0.0589. The maximum atomic E-state index is 10.7. The summed E-state index contributed by atoms with van der Waals surface area (Å²) in [4.78, 5) is 20.0. The van der Waals surface area contributed by atoms with E-state index in [2.05, 4.69) is 79.7 Å². The molecule has 0 bridgehead atoms. The minimum Gasteiger partial charge on any atom is -0.450 e. The Labute approximate surface area is 287 Å². The molecule has 6 rings (SSSR count). The average Bonchev–Trinajstić information content (AvgIpc) is 3.56. The molecule has 4 aromatic heterocycles. The van der Waals surface area contributed by atoms with Crippen molar-refractivity contribution in [1.29, 1.82) is 0 Å². The Morgan fingerprint density at radius 2 is 1.14 bits per heavy atom. The average molecular weight is 663 g/mol. The van der Waals surface area contributed by atoms with Crippen molar-refractivity contribution < 1.29 is 19.7 Å². The van der Waals surface area contributed by atoms with Gasteiger partial charge in [-0.25, -0.2) is 14.8 Å². The first-order valence-electron chi connectivity index (χ1n) is 16.5. The van der Waals surface area contributed by atoms with Crippen molar-refractivity contribution in [2.45, 2.75) is 80.7 Å². The molecule has 0 radical (unpaired) electrons. The molecule has 256 valence electrons. The summed E-state index contributed by atoms with van der Waals surface area (Å²) in [7, 11) is 0. The molecule has 0 aliphatic heterocycles. The third kappa shape index (κ3) is 7.87. The minimum absolute atomic E-state index is 0.0378. The number of aliphatic hydroxyl groups is 1. The van der Waals surface area contributed by atoms with Gasteiger partial charge >= 0.3 is 6.16 Å². The van der Waals surface area contributed by atoms with Crippen LogP contribution in [0.25, 0.3) is 11.3 Å². The van der Waals surface area contributed by atoms with Crippen molar-refractivity contribution in [3.05, 3.63) is 129 Å². The van der Waals surface area contributed by atoms with Gasteiger partial charge in [0.15, 0.2) is 11.3 Å². The summed E-state index contributed by atoms with van der Waals surface area (Å²) in [5, 5.41) is 25.2. The van der Waals surface area contributed by atoms with Crippen molar-refractivity contribution in [1.82, 2.24) is 18.8 Å². The van der Waals surface area contributed by atoms with E-state index in [1.807, 2.05) is 59.3 Å². The number of nitrogens with zero attached hydrogens (tertiary/aromatic N) is 4. The number of nitrogens with one attached hydrogen (secondary N) is 2. The minimum atomic E-state index is -1.26. The Bertz CT molecular complexity index is 2060. The van der Waals surface area contributed by atoms with Crippen LogP contribution in [0, 0.1) is 41.5 Å². The number of aryl methyl sites for hydroxylation is 6. The van der Waals surface area contributed by atoms with Gasteiger partial charge in [-0.15, -0.1) is 0 Å². The number of aliphatic hydroxyl groups excluding tert-OH is 1. The van der Waals surface area contributed by atoms with Crippen LogP contribution in [0.2, 0.25) is 0 Å². The number of carbonyl (C=O) groups is 1. The maximum Gasteiger partial charge on any atom is 0.506 e. The highest BCUT2D eigenvalue weighted by Gasteiger charge is 2.17. The van der Waals surface area contributed by atoms with Crippen LogP contribution in [-0.4, -0.2) is 41.2 Å². The monoisotopic (exact) mass is 662 g/mol. The van der Waals surface area contributed by atoms with Gasteiger partial charge in [0.05, 0.1) is 29.4 Å². The number of hydrogen-bond acceptors (Lipinski definition) is 7. The largest absolute Gasteiger partial charge is 0.506 e. The first-order valence-corrected chi connectivity index (χ1v) is 16.5. The molecule has 1 unspecified atom stereocenters. The number of pyridine rings is 2. The molecule has 0 aliphatic carbocycles. The molecular weight excluding hydrogens is 616 g/mol. The molecule has 4 N–H and O–H groups in total. The lowest BCUT2D eigenvalue weighted by Crippen LogP contribution is -2.16. The lowest BCUT2D eigenvalue weighted by atomic mass is 10.0. The van der Waals surface area contributed by atoms with Gasteiger partial charge in [-0.05, 0) is 106 Å². The van der Waals surface area contributed by atoms with Gasteiger partial charge in [0.1, 0.15) is 6.10 Å². The van der Waals surface area contributed by atoms with E-state index in [0.717, 1.165) is 58.5 Å². The number of hydrogen-bond donors (Lipinski definition) is 4. The number of carboxylic acid groups (broad SMARTS) is 1. The molecule has 0 amide bonds. The number of imidazole rings is 2. The Hall–Kier alpha value is -5.35. The summed E-state index contributed by atoms with van der Waals surface area (Å²) in [6.45, 7) is 15.6. The van der Waals surface area contributed by atoms with E-state index < -0.39 is 12.3 Å². The second-order valence-electron chi connectivity index (χ2n) is 12.5. The molecule has 0 spiro atoms. The third-order valence-electron chi connectivity index (χ3n) is 9.11. The zero-order valence-corrected chi connectivity index (χ0v) is 29.3. The van der Waals surface area contributed by atoms with Gasteiger partial charge in [-0.2, -0.15) is 0 Å². The number of rotatable bonds is 10. The van der Waals surface area contributed by atoms with Crippen molar-refractivity contribution >= 4 is 28.8 Å². The molecule has 6 aromatic rings. The lowest BCUT2D eigenvalue weighted by Gasteiger charge is -2.12. The van der Waals surface area contributed by atoms with E-state index in [9.17, 15) is 9.90 Å². The van der Waals surface area contributed by atoms with Crippen molar-refractivity contribution in [2.24, 2.45) is 0 Å². The Morgan fingerprint density at radius 1 is 0.714 bits per heavy atom. The van der Waals surface area contributed by atoms with Crippen LogP contribution in [0.1, 0.15) is 63.1 Å². The fourth-order valence-electron chi connectivity index (χ4n) is 6.19. The predicted octanol–water partition coefficient (Wildman–Crippen LogP) is 7.86. The normalized spacial score (nSPS) is 11.7.